The molecule has 1 aromatic carbocycles. The van der Waals surface area contributed by atoms with E-state index in [-0.39, 0.29) is 0 Å². The van der Waals surface area contributed by atoms with Crippen LogP contribution in [-0.4, -0.2) is 14.7 Å². The predicted molar refractivity (Wildman–Crippen MR) is 66.7 cm³/mol. The summed E-state index contributed by atoms with van der Waals surface area (Å²) in [5.74, 6) is 0. The zero-order chi connectivity index (χ0) is 12.5. The fourth-order valence-corrected chi connectivity index (χ4v) is 1.71. The molecule has 4 nitrogen and oxygen atoms in total. The second kappa shape index (κ2) is 4.31. The minimum Gasteiger partial charge on any atom is -0.384 e. The first-order valence-electron chi connectivity index (χ1n) is 5.57. The van der Waals surface area contributed by atoms with E-state index in [0.29, 0.717) is 12.2 Å². The lowest BCUT2D eigenvalue weighted by molar-refractivity contribution is 0.0742. The summed E-state index contributed by atoms with van der Waals surface area (Å²) in [5, 5.41) is 9.88. The molecule has 17 heavy (non-hydrogen) atoms. The summed E-state index contributed by atoms with van der Waals surface area (Å²) in [6.07, 6.45) is 3.52. The van der Waals surface area contributed by atoms with E-state index in [1.165, 1.54) is 0 Å². The molecule has 0 saturated heterocycles. The third-order valence-electron chi connectivity index (χ3n) is 2.70. The van der Waals surface area contributed by atoms with Crippen molar-refractivity contribution in [2.45, 2.75) is 26.0 Å². The molecule has 0 radical (unpaired) electrons. The standard InChI is InChI=1S/C13H17N3O/c1-13(2,17)12-8-16(9-15-12)11-6-4-3-5-10(11)7-14/h3-6,8-9,17H,7,14H2,1-2H3. The Morgan fingerprint density at radius 3 is 2.65 bits per heavy atom. The molecule has 0 amide bonds. The van der Waals surface area contributed by atoms with Crippen molar-refractivity contribution in [1.29, 1.82) is 0 Å². The van der Waals surface area contributed by atoms with Crippen LogP contribution < -0.4 is 5.73 Å². The van der Waals surface area contributed by atoms with Gasteiger partial charge >= 0.3 is 0 Å². The molecule has 2 rings (SSSR count). The van der Waals surface area contributed by atoms with Crippen LogP contribution in [-0.2, 0) is 12.1 Å². The van der Waals surface area contributed by atoms with Crippen molar-refractivity contribution in [3.8, 4) is 5.69 Å². The Hall–Kier alpha value is -1.65. The van der Waals surface area contributed by atoms with Crippen LogP contribution in [0.5, 0.6) is 0 Å². The van der Waals surface area contributed by atoms with Gasteiger partial charge in [-0.15, -0.1) is 0 Å². The summed E-state index contributed by atoms with van der Waals surface area (Å²) in [7, 11) is 0. The van der Waals surface area contributed by atoms with Gasteiger partial charge in [-0.3, -0.25) is 0 Å². The van der Waals surface area contributed by atoms with Gasteiger partial charge in [-0.25, -0.2) is 4.98 Å². The number of nitrogens with zero attached hydrogens (tertiary/aromatic N) is 2. The molecule has 3 N–H and O–H groups in total. The molecule has 4 heteroatoms. The minimum atomic E-state index is -0.928. The van der Waals surface area contributed by atoms with Crippen LogP contribution in [0.15, 0.2) is 36.8 Å². The fourth-order valence-electron chi connectivity index (χ4n) is 1.71. The van der Waals surface area contributed by atoms with Crippen molar-refractivity contribution in [3.63, 3.8) is 0 Å². The summed E-state index contributed by atoms with van der Waals surface area (Å²) in [5.41, 5.74) is 7.46. The summed E-state index contributed by atoms with van der Waals surface area (Å²) in [6.45, 7) is 3.91. The topological polar surface area (TPSA) is 64.1 Å². The highest BCUT2D eigenvalue weighted by Gasteiger charge is 2.19. The van der Waals surface area contributed by atoms with Gasteiger partial charge in [0.2, 0.25) is 0 Å². The maximum Gasteiger partial charge on any atom is 0.102 e. The Bertz CT molecular complexity index is 511. The maximum absolute atomic E-state index is 9.88. The van der Waals surface area contributed by atoms with Crippen LogP contribution in [0.2, 0.25) is 0 Å². The highest BCUT2D eigenvalue weighted by atomic mass is 16.3. The number of hydrogen-bond acceptors (Lipinski definition) is 3. The number of hydrogen-bond donors (Lipinski definition) is 2. The summed E-state index contributed by atoms with van der Waals surface area (Å²) < 4.78 is 1.88. The van der Waals surface area contributed by atoms with Crippen molar-refractivity contribution in [3.05, 3.63) is 48.0 Å². The van der Waals surface area contributed by atoms with E-state index in [9.17, 15) is 5.11 Å². The molecule has 0 atom stereocenters. The van der Waals surface area contributed by atoms with E-state index < -0.39 is 5.60 Å². The van der Waals surface area contributed by atoms with E-state index in [1.54, 1.807) is 20.2 Å². The molecular formula is C13H17N3O. The molecule has 0 aliphatic carbocycles. The van der Waals surface area contributed by atoms with Crippen LogP contribution in [0.1, 0.15) is 25.1 Å². The van der Waals surface area contributed by atoms with Crippen molar-refractivity contribution in [2.24, 2.45) is 5.73 Å². The highest BCUT2D eigenvalue weighted by molar-refractivity contribution is 5.41. The normalized spacial score (nSPS) is 11.8. The molecule has 0 aliphatic rings. The van der Waals surface area contributed by atoms with Gasteiger partial charge in [0.1, 0.15) is 5.60 Å². The van der Waals surface area contributed by atoms with E-state index >= 15 is 0 Å². The summed E-state index contributed by atoms with van der Waals surface area (Å²) >= 11 is 0. The average Bonchev–Trinajstić information content (AvgIpc) is 2.77. The molecule has 0 bridgehead atoms. The first-order valence-corrected chi connectivity index (χ1v) is 5.57. The summed E-state index contributed by atoms with van der Waals surface area (Å²) in [6, 6.07) is 7.88. The van der Waals surface area contributed by atoms with Gasteiger partial charge in [0.15, 0.2) is 0 Å². The Morgan fingerprint density at radius 2 is 2.06 bits per heavy atom. The van der Waals surface area contributed by atoms with Crippen molar-refractivity contribution in [2.75, 3.05) is 0 Å². The van der Waals surface area contributed by atoms with E-state index in [1.807, 2.05) is 35.0 Å². The zero-order valence-corrected chi connectivity index (χ0v) is 10.1. The number of aromatic nitrogens is 2. The molecule has 90 valence electrons. The third kappa shape index (κ3) is 2.38. The van der Waals surface area contributed by atoms with Gasteiger partial charge in [0, 0.05) is 12.7 Å². The van der Waals surface area contributed by atoms with E-state index in [4.69, 9.17) is 5.73 Å². The van der Waals surface area contributed by atoms with Crippen LogP contribution in [0.25, 0.3) is 5.69 Å². The Labute approximate surface area is 101 Å². The molecule has 1 heterocycles. The van der Waals surface area contributed by atoms with Gasteiger partial charge in [0.05, 0.1) is 17.7 Å². The Morgan fingerprint density at radius 1 is 1.35 bits per heavy atom. The fraction of sp³-hybridized carbons (Fsp3) is 0.308. The Balaban J connectivity index is 2.44. The number of para-hydroxylation sites is 1. The lowest BCUT2D eigenvalue weighted by Crippen LogP contribution is -2.15. The third-order valence-corrected chi connectivity index (χ3v) is 2.70. The van der Waals surface area contributed by atoms with Crippen molar-refractivity contribution < 1.29 is 5.11 Å². The molecule has 0 aliphatic heterocycles. The number of aliphatic hydroxyl groups is 1. The van der Waals surface area contributed by atoms with Crippen LogP contribution in [0.3, 0.4) is 0 Å². The molecule has 1 aromatic heterocycles. The molecule has 0 fully saturated rings. The van der Waals surface area contributed by atoms with E-state index in [2.05, 4.69) is 4.98 Å². The van der Waals surface area contributed by atoms with Crippen LogP contribution >= 0.6 is 0 Å². The lowest BCUT2D eigenvalue weighted by Gasteiger charge is -2.13. The second-order valence-corrected chi connectivity index (χ2v) is 4.56. The smallest absolute Gasteiger partial charge is 0.102 e. The molecule has 0 unspecified atom stereocenters. The quantitative estimate of drug-likeness (QED) is 0.842. The molecular weight excluding hydrogens is 214 g/mol. The monoisotopic (exact) mass is 231 g/mol. The zero-order valence-electron chi connectivity index (χ0n) is 10.1. The average molecular weight is 231 g/mol. The predicted octanol–water partition coefficient (Wildman–Crippen LogP) is 1.56. The summed E-state index contributed by atoms with van der Waals surface area (Å²) in [4.78, 5) is 4.21. The number of benzene rings is 1. The van der Waals surface area contributed by atoms with Gasteiger partial charge < -0.3 is 15.4 Å². The van der Waals surface area contributed by atoms with Gasteiger partial charge in [-0.05, 0) is 25.5 Å². The molecule has 2 aromatic rings. The minimum absolute atomic E-state index is 0.478. The Kier molecular flexibility index (Phi) is 3.00. The van der Waals surface area contributed by atoms with Crippen LogP contribution in [0, 0.1) is 0 Å². The first kappa shape index (κ1) is 11.8. The maximum atomic E-state index is 9.88. The van der Waals surface area contributed by atoms with Gasteiger partial charge in [0.25, 0.3) is 0 Å². The number of nitrogens with two attached hydrogens (primary N) is 1. The SMILES string of the molecule is CC(C)(O)c1cn(-c2ccccc2CN)cn1. The van der Waals surface area contributed by atoms with Crippen LogP contribution in [0.4, 0.5) is 0 Å². The second-order valence-electron chi connectivity index (χ2n) is 4.56. The van der Waals surface area contributed by atoms with Crippen molar-refractivity contribution >= 4 is 0 Å². The van der Waals surface area contributed by atoms with Gasteiger partial charge in [-0.1, -0.05) is 18.2 Å². The number of rotatable bonds is 3. The number of imidazole rings is 1. The van der Waals surface area contributed by atoms with Gasteiger partial charge in [-0.2, -0.15) is 0 Å². The first-order chi connectivity index (χ1) is 8.02. The molecule has 0 saturated carbocycles. The van der Waals surface area contributed by atoms with Crippen molar-refractivity contribution in [1.82, 2.24) is 9.55 Å². The van der Waals surface area contributed by atoms with E-state index in [0.717, 1.165) is 11.3 Å². The molecule has 0 spiro atoms. The largest absolute Gasteiger partial charge is 0.384 e. The highest BCUT2D eigenvalue weighted by Crippen LogP contribution is 2.20. The lowest BCUT2D eigenvalue weighted by atomic mass is 10.1.